The molecule has 0 unspecified atom stereocenters. The number of unbranched alkanes of at least 4 members (excludes halogenated alkanes) is 2. The Labute approximate surface area is 96.1 Å². The van der Waals surface area contributed by atoms with Crippen molar-refractivity contribution in [3.63, 3.8) is 0 Å². The van der Waals surface area contributed by atoms with E-state index in [1.165, 1.54) is 11.6 Å². The maximum Gasteiger partial charge on any atom is 0.131 e. The van der Waals surface area contributed by atoms with Crippen LogP contribution in [0.5, 0.6) is 0 Å². The lowest BCUT2D eigenvalue weighted by molar-refractivity contribution is 0.639. The normalized spacial score (nSPS) is 10.9. The van der Waals surface area contributed by atoms with Crippen LogP contribution in [0, 0.1) is 12.7 Å². The summed E-state index contributed by atoms with van der Waals surface area (Å²) < 4.78 is 13.5. The van der Waals surface area contributed by atoms with Crippen LogP contribution in [0.2, 0.25) is 0 Å². The zero-order valence-corrected chi connectivity index (χ0v) is 9.38. The van der Waals surface area contributed by atoms with Gasteiger partial charge in [0.1, 0.15) is 5.82 Å². The van der Waals surface area contributed by atoms with Gasteiger partial charge >= 0.3 is 0 Å². The summed E-state index contributed by atoms with van der Waals surface area (Å²) in [5.74, 6) is -0.128. The number of rotatable bonds is 4. The lowest BCUT2D eigenvalue weighted by Gasteiger charge is -2.06. The Kier molecular flexibility index (Phi) is 3.55. The Morgan fingerprint density at radius 2 is 1.69 bits per heavy atom. The van der Waals surface area contributed by atoms with Gasteiger partial charge in [-0.3, -0.25) is 0 Å². The third-order valence-electron chi connectivity index (χ3n) is 2.91. The van der Waals surface area contributed by atoms with E-state index in [-0.39, 0.29) is 5.82 Å². The second-order valence-corrected chi connectivity index (χ2v) is 4.06. The molecule has 0 aliphatic rings. The smallest absolute Gasteiger partial charge is 0.131 e. The summed E-state index contributed by atoms with van der Waals surface area (Å²) in [6.07, 6.45) is 4.24. The van der Waals surface area contributed by atoms with E-state index in [2.05, 4.69) is 13.0 Å². The van der Waals surface area contributed by atoms with Crippen molar-refractivity contribution in [1.82, 2.24) is 0 Å². The van der Waals surface area contributed by atoms with Crippen LogP contribution in [0.3, 0.4) is 0 Å². The van der Waals surface area contributed by atoms with Crippen LogP contribution in [-0.4, -0.2) is 0 Å². The van der Waals surface area contributed by atoms with E-state index >= 15 is 0 Å². The molecule has 0 spiro atoms. The monoisotopic (exact) mass is 215 g/mol. The quantitative estimate of drug-likeness (QED) is 0.657. The molecule has 1 heteroatoms. The van der Waals surface area contributed by atoms with Crippen molar-refractivity contribution < 1.29 is 4.39 Å². The van der Waals surface area contributed by atoms with E-state index in [9.17, 15) is 4.39 Å². The Bertz CT molecular complexity index is 474. The molecule has 0 aliphatic carbocycles. The summed E-state index contributed by atoms with van der Waals surface area (Å²) in [5, 5.41) is 1.78. The van der Waals surface area contributed by atoms with E-state index < -0.39 is 0 Å². The fourth-order valence-electron chi connectivity index (χ4n) is 2.05. The average Bonchev–Trinajstić information content (AvgIpc) is 2.31. The zero-order valence-electron chi connectivity index (χ0n) is 9.38. The Morgan fingerprint density at radius 3 is 2.50 bits per heavy atom. The first-order chi connectivity index (χ1) is 7.83. The van der Waals surface area contributed by atoms with Crippen molar-refractivity contribution >= 4 is 10.8 Å². The molecule has 0 aliphatic heterocycles. The summed E-state index contributed by atoms with van der Waals surface area (Å²) in [5.41, 5.74) is 1.24. The van der Waals surface area contributed by atoms with Crippen LogP contribution < -0.4 is 0 Å². The second-order valence-electron chi connectivity index (χ2n) is 4.06. The van der Waals surface area contributed by atoms with Gasteiger partial charge in [-0.1, -0.05) is 50.1 Å². The molecule has 0 atom stereocenters. The molecule has 0 N–H and O–H groups in total. The van der Waals surface area contributed by atoms with Gasteiger partial charge in [-0.2, -0.15) is 0 Å². The molecule has 0 saturated carbocycles. The first-order valence-corrected chi connectivity index (χ1v) is 5.78. The minimum absolute atomic E-state index is 0.128. The standard InChI is InChI=1S/C15H16F/c1-2-3-4-7-12-8-5-10-14-13(12)9-6-11-15(14)16/h5-6,8-11H,1-4,7H2. The summed E-state index contributed by atoms with van der Waals surface area (Å²) in [6.45, 7) is 3.83. The summed E-state index contributed by atoms with van der Waals surface area (Å²) in [7, 11) is 0. The van der Waals surface area contributed by atoms with Crippen LogP contribution in [-0.2, 0) is 6.42 Å². The molecule has 2 aromatic carbocycles. The molecule has 16 heavy (non-hydrogen) atoms. The molecule has 0 amide bonds. The summed E-state index contributed by atoms with van der Waals surface area (Å²) in [4.78, 5) is 0. The predicted octanol–water partition coefficient (Wildman–Crippen LogP) is 4.53. The van der Waals surface area contributed by atoms with Crippen molar-refractivity contribution in [1.29, 1.82) is 0 Å². The summed E-state index contributed by atoms with van der Waals surface area (Å²) >= 11 is 0. The third kappa shape index (κ3) is 2.24. The van der Waals surface area contributed by atoms with Gasteiger partial charge in [-0.15, -0.1) is 0 Å². The van der Waals surface area contributed by atoms with Gasteiger partial charge in [0.2, 0.25) is 0 Å². The highest BCUT2D eigenvalue weighted by atomic mass is 19.1. The topological polar surface area (TPSA) is 0 Å². The number of hydrogen-bond acceptors (Lipinski definition) is 0. The Balaban J connectivity index is 2.34. The van der Waals surface area contributed by atoms with Gasteiger partial charge in [0.05, 0.1) is 0 Å². The molecular weight excluding hydrogens is 199 g/mol. The van der Waals surface area contributed by atoms with Crippen molar-refractivity contribution in [3.8, 4) is 0 Å². The Morgan fingerprint density at radius 1 is 0.938 bits per heavy atom. The maximum atomic E-state index is 13.5. The van der Waals surface area contributed by atoms with E-state index in [4.69, 9.17) is 0 Å². The van der Waals surface area contributed by atoms with Crippen LogP contribution in [0.1, 0.15) is 24.8 Å². The highest BCUT2D eigenvalue weighted by molar-refractivity contribution is 5.86. The number of hydrogen-bond donors (Lipinski definition) is 0. The van der Waals surface area contributed by atoms with Crippen LogP contribution >= 0.6 is 0 Å². The largest absolute Gasteiger partial charge is 0.206 e. The van der Waals surface area contributed by atoms with E-state index in [1.807, 2.05) is 18.2 Å². The zero-order chi connectivity index (χ0) is 11.4. The van der Waals surface area contributed by atoms with Gasteiger partial charge in [0, 0.05) is 5.39 Å². The molecule has 0 saturated heterocycles. The van der Waals surface area contributed by atoms with Gasteiger partial charge in [0.25, 0.3) is 0 Å². The van der Waals surface area contributed by atoms with Gasteiger partial charge < -0.3 is 0 Å². The molecule has 83 valence electrons. The van der Waals surface area contributed by atoms with Crippen molar-refractivity contribution in [2.45, 2.75) is 25.7 Å². The summed E-state index contributed by atoms with van der Waals surface area (Å²) in [6, 6.07) is 11.2. The van der Waals surface area contributed by atoms with E-state index in [1.54, 1.807) is 6.07 Å². The first kappa shape index (κ1) is 11.1. The molecule has 0 fully saturated rings. The number of benzene rings is 2. The molecule has 1 radical (unpaired) electrons. The number of fused-ring (bicyclic) bond motifs is 1. The fraction of sp³-hybridized carbons (Fsp3) is 0.267. The third-order valence-corrected chi connectivity index (χ3v) is 2.91. The van der Waals surface area contributed by atoms with Crippen LogP contribution in [0.4, 0.5) is 4.39 Å². The SMILES string of the molecule is [CH2]CCCCc1cccc2c(F)cccc12. The van der Waals surface area contributed by atoms with Crippen LogP contribution in [0.25, 0.3) is 10.8 Å². The Hall–Kier alpha value is -1.37. The first-order valence-electron chi connectivity index (χ1n) is 5.78. The molecule has 0 aromatic heterocycles. The molecule has 2 aromatic rings. The average molecular weight is 215 g/mol. The maximum absolute atomic E-state index is 13.5. The predicted molar refractivity (Wildman–Crippen MR) is 66.8 cm³/mol. The van der Waals surface area contributed by atoms with Crippen LogP contribution in [0.15, 0.2) is 36.4 Å². The van der Waals surface area contributed by atoms with Gasteiger partial charge in [-0.05, 0) is 29.9 Å². The van der Waals surface area contributed by atoms with Gasteiger partial charge in [-0.25, -0.2) is 4.39 Å². The van der Waals surface area contributed by atoms with Gasteiger partial charge in [0.15, 0.2) is 0 Å². The molecule has 0 heterocycles. The fourth-order valence-corrected chi connectivity index (χ4v) is 2.05. The molecule has 2 rings (SSSR count). The lowest BCUT2D eigenvalue weighted by atomic mass is 9.99. The van der Waals surface area contributed by atoms with Crippen molar-refractivity contribution in [2.75, 3.05) is 0 Å². The minimum atomic E-state index is -0.128. The molecule has 0 nitrogen and oxygen atoms in total. The number of aryl methyl sites for hydroxylation is 1. The van der Waals surface area contributed by atoms with Crippen molar-refractivity contribution in [2.24, 2.45) is 0 Å². The van der Waals surface area contributed by atoms with E-state index in [0.717, 1.165) is 36.5 Å². The highest BCUT2D eigenvalue weighted by Crippen LogP contribution is 2.22. The molecule has 0 bridgehead atoms. The second kappa shape index (κ2) is 5.11. The lowest BCUT2D eigenvalue weighted by Crippen LogP contribution is -1.89. The number of halogens is 1. The van der Waals surface area contributed by atoms with Crippen molar-refractivity contribution in [3.05, 3.63) is 54.7 Å². The van der Waals surface area contributed by atoms with E-state index in [0.29, 0.717) is 0 Å². The minimum Gasteiger partial charge on any atom is -0.206 e. The molecular formula is C15H16F. The highest BCUT2D eigenvalue weighted by Gasteiger charge is 2.03.